The van der Waals surface area contributed by atoms with Gasteiger partial charge in [-0.1, -0.05) is 15.9 Å². The van der Waals surface area contributed by atoms with Crippen LogP contribution in [0.25, 0.3) is 0 Å². The maximum Gasteiger partial charge on any atom is 0.303 e. The molecule has 0 amide bonds. The Morgan fingerprint density at radius 2 is 0.818 bits per heavy atom. The van der Waals surface area contributed by atoms with Crippen molar-refractivity contribution in [3.05, 3.63) is 0 Å². The Labute approximate surface area is 260 Å². The van der Waals surface area contributed by atoms with Crippen LogP contribution in [0, 0.1) is 0 Å². The van der Waals surface area contributed by atoms with Crippen molar-refractivity contribution in [3.63, 3.8) is 0 Å². The molecule has 0 unspecified atom stereocenters. The molecule has 10 atom stereocenters. The third-order valence-corrected chi connectivity index (χ3v) is 6.61. The van der Waals surface area contributed by atoms with Crippen molar-refractivity contribution in [2.75, 3.05) is 13.2 Å². The molecule has 2 aliphatic heterocycles. The number of carbonyl (C=O) groups is 7. The summed E-state index contributed by atoms with van der Waals surface area (Å²) in [6.45, 7) is 6.66. The van der Waals surface area contributed by atoms with E-state index in [-0.39, 0.29) is 0 Å². The van der Waals surface area contributed by atoms with Crippen molar-refractivity contribution >= 4 is 57.7 Å². The van der Waals surface area contributed by atoms with Crippen molar-refractivity contribution < 1.29 is 80.9 Å². The van der Waals surface area contributed by atoms with E-state index in [2.05, 4.69) is 15.9 Å². The minimum atomic E-state index is -1.69. The van der Waals surface area contributed by atoms with E-state index in [4.69, 9.17) is 47.4 Å². The highest BCUT2D eigenvalue weighted by atomic mass is 79.9. The molecule has 0 bridgehead atoms. The Morgan fingerprint density at radius 3 is 1.20 bits per heavy atom. The Balaban J connectivity index is 2.59. The van der Waals surface area contributed by atoms with Crippen LogP contribution < -0.4 is 0 Å². The Hall–Kier alpha value is -3.35. The van der Waals surface area contributed by atoms with Crippen LogP contribution >= 0.6 is 15.9 Å². The molecule has 248 valence electrons. The lowest BCUT2D eigenvalue weighted by Crippen LogP contribution is -2.66. The highest BCUT2D eigenvalue weighted by molar-refractivity contribution is 9.09. The SMILES string of the molecule is CC(=O)OC[C@@H]1O[C@@H](Br)[C@H](O[C@@H]2O[C@H](COC(C)=O)[C@@H](OC(C)=O)[C@H](OC(C)=O)[C@H]2OC(C)=O)[C@@H](OC(C)=O)[C@H]1OC(C)=O. The summed E-state index contributed by atoms with van der Waals surface area (Å²) in [6.07, 6.45) is -13.0. The third kappa shape index (κ3) is 11.0. The van der Waals surface area contributed by atoms with Crippen LogP contribution in [-0.4, -0.2) is 115 Å². The molecular formula is C26H35BrO17. The average molecular weight is 699 g/mol. The molecule has 0 aliphatic carbocycles. The second-order valence-electron chi connectivity index (χ2n) is 9.64. The van der Waals surface area contributed by atoms with Gasteiger partial charge < -0.3 is 47.4 Å². The zero-order chi connectivity index (χ0) is 33.3. The molecule has 0 saturated carbocycles. The van der Waals surface area contributed by atoms with E-state index in [9.17, 15) is 33.6 Å². The lowest BCUT2D eigenvalue weighted by atomic mass is 9.96. The van der Waals surface area contributed by atoms with Gasteiger partial charge >= 0.3 is 41.8 Å². The maximum atomic E-state index is 12.2. The van der Waals surface area contributed by atoms with Crippen LogP contribution in [0.2, 0.25) is 0 Å². The van der Waals surface area contributed by atoms with E-state index in [1.165, 1.54) is 0 Å². The molecule has 0 aromatic rings. The van der Waals surface area contributed by atoms with Crippen LogP contribution in [0.15, 0.2) is 0 Å². The number of halogens is 1. The topological polar surface area (TPSA) is 212 Å². The highest BCUT2D eigenvalue weighted by Gasteiger charge is 2.57. The number of ether oxygens (including phenoxy) is 10. The van der Waals surface area contributed by atoms with Gasteiger partial charge in [0, 0.05) is 48.5 Å². The number of esters is 7. The summed E-state index contributed by atoms with van der Waals surface area (Å²) in [7, 11) is 0. The fourth-order valence-corrected chi connectivity index (χ4v) is 5.16. The first-order chi connectivity index (χ1) is 20.5. The molecule has 2 rings (SSSR count). The van der Waals surface area contributed by atoms with E-state index in [1.807, 2.05) is 0 Å². The number of hydrogen-bond acceptors (Lipinski definition) is 17. The minimum Gasteiger partial charge on any atom is -0.463 e. The van der Waals surface area contributed by atoms with Crippen LogP contribution in [0.1, 0.15) is 48.5 Å². The summed E-state index contributed by atoms with van der Waals surface area (Å²) in [6, 6.07) is 0. The van der Waals surface area contributed by atoms with Crippen molar-refractivity contribution in [2.45, 2.75) is 109 Å². The molecule has 2 saturated heterocycles. The average Bonchev–Trinajstić information content (AvgIpc) is 2.87. The highest BCUT2D eigenvalue weighted by Crippen LogP contribution is 2.36. The first-order valence-electron chi connectivity index (χ1n) is 13.2. The summed E-state index contributed by atoms with van der Waals surface area (Å²) in [5.74, 6) is -5.59. The Kier molecular flexibility index (Phi) is 13.9. The molecule has 44 heavy (non-hydrogen) atoms. The summed E-state index contributed by atoms with van der Waals surface area (Å²) < 4.78 is 55.0. The van der Waals surface area contributed by atoms with Gasteiger partial charge in [0.2, 0.25) is 0 Å². The van der Waals surface area contributed by atoms with Gasteiger partial charge in [0.1, 0.15) is 36.5 Å². The molecule has 17 nitrogen and oxygen atoms in total. The van der Waals surface area contributed by atoms with Crippen LogP contribution in [0.4, 0.5) is 0 Å². The molecule has 0 aromatic carbocycles. The number of rotatable bonds is 11. The van der Waals surface area contributed by atoms with Crippen LogP contribution in [0.3, 0.4) is 0 Å². The lowest BCUT2D eigenvalue weighted by Gasteiger charge is -2.48. The van der Waals surface area contributed by atoms with Gasteiger partial charge in [-0.3, -0.25) is 33.6 Å². The van der Waals surface area contributed by atoms with E-state index in [0.717, 1.165) is 48.5 Å². The summed E-state index contributed by atoms with van der Waals surface area (Å²) >= 11 is 3.28. The third-order valence-electron chi connectivity index (χ3n) is 5.87. The monoisotopic (exact) mass is 698 g/mol. The second kappa shape index (κ2) is 16.6. The molecule has 2 heterocycles. The van der Waals surface area contributed by atoms with E-state index in [1.54, 1.807) is 0 Å². The molecule has 2 fully saturated rings. The molecule has 0 spiro atoms. The number of alkyl halides is 1. The zero-order valence-electron chi connectivity index (χ0n) is 25.0. The van der Waals surface area contributed by atoms with E-state index in [0.29, 0.717) is 0 Å². The van der Waals surface area contributed by atoms with E-state index >= 15 is 0 Å². The summed E-state index contributed by atoms with van der Waals surface area (Å²) in [4.78, 5) is 83.6. The predicted octanol–water partition coefficient (Wildman–Crippen LogP) is 0.00100. The molecule has 0 aromatic heterocycles. The fourth-order valence-electron chi connectivity index (χ4n) is 4.46. The van der Waals surface area contributed by atoms with Crippen molar-refractivity contribution in [1.82, 2.24) is 0 Å². The first kappa shape index (κ1) is 36.8. The zero-order valence-corrected chi connectivity index (χ0v) is 26.6. The smallest absolute Gasteiger partial charge is 0.303 e. The normalized spacial score (nSPS) is 31.5. The summed E-state index contributed by atoms with van der Waals surface area (Å²) in [5, 5.41) is -1.17. The second-order valence-corrected chi connectivity index (χ2v) is 10.5. The minimum absolute atomic E-state index is 0.404. The van der Waals surface area contributed by atoms with Gasteiger partial charge in [-0.2, -0.15) is 0 Å². The van der Waals surface area contributed by atoms with Crippen LogP contribution in [0.5, 0.6) is 0 Å². The Morgan fingerprint density at radius 1 is 0.477 bits per heavy atom. The largest absolute Gasteiger partial charge is 0.463 e. The van der Waals surface area contributed by atoms with Crippen molar-refractivity contribution in [2.24, 2.45) is 0 Å². The summed E-state index contributed by atoms with van der Waals surface area (Å²) in [5.41, 5.74) is 0. The molecule has 2 aliphatic rings. The molecular weight excluding hydrogens is 664 g/mol. The molecule has 0 N–H and O–H groups in total. The molecule has 18 heteroatoms. The van der Waals surface area contributed by atoms with Crippen molar-refractivity contribution in [3.8, 4) is 0 Å². The first-order valence-corrected chi connectivity index (χ1v) is 14.1. The predicted molar refractivity (Wildman–Crippen MR) is 142 cm³/mol. The number of hydrogen-bond donors (Lipinski definition) is 0. The quantitative estimate of drug-likeness (QED) is 0.158. The van der Waals surface area contributed by atoms with Gasteiger partial charge in [-0.25, -0.2) is 0 Å². The van der Waals surface area contributed by atoms with Gasteiger partial charge in [-0.05, 0) is 0 Å². The maximum absolute atomic E-state index is 12.2. The van der Waals surface area contributed by atoms with Gasteiger partial charge in [0.05, 0.1) is 0 Å². The fraction of sp³-hybridized carbons (Fsp3) is 0.731. The number of carbonyl (C=O) groups excluding carboxylic acids is 7. The van der Waals surface area contributed by atoms with Gasteiger partial charge in [0.15, 0.2) is 36.8 Å². The van der Waals surface area contributed by atoms with E-state index < -0.39 is 115 Å². The lowest BCUT2D eigenvalue weighted by molar-refractivity contribution is -0.337. The van der Waals surface area contributed by atoms with Crippen LogP contribution in [-0.2, 0) is 80.9 Å². The Bertz CT molecular complexity index is 1090. The van der Waals surface area contributed by atoms with Crippen molar-refractivity contribution in [1.29, 1.82) is 0 Å². The standard InChI is InChI=1S/C26H35BrO17/c1-10(28)35-8-17-19(37-12(3)30)21(39-14(5)32)23(25(27)42-17)44-26-24(41-16(7)34)22(40-15(6)33)20(38-13(4)31)18(43-26)9-36-11(2)29/h17-26H,8-9H2,1-7H3/t17-,18+,19-,20+,21-,22-,23+,24+,25+,26-/m0/s1. The molecule has 0 radical (unpaired) electrons. The van der Waals surface area contributed by atoms with Gasteiger partial charge in [-0.15, -0.1) is 0 Å². The van der Waals surface area contributed by atoms with Gasteiger partial charge in [0.25, 0.3) is 0 Å².